The smallest absolute Gasteiger partial charge is 0.128 e. The first-order valence-electron chi connectivity index (χ1n) is 6.67. The van der Waals surface area contributed by atoms with Crippen LogP contribution in [0.25, 0.3) is 0 Å². The second-order valence-electron chi connectivity index (χ2n) is 4.94. The summed E-state index contributed by atoms with van der Waals surface area (Å²) in [5.74, 6) is 1.99. The molecule has 0 bridgehead atoms. The van der Waals surface area contributed by atoms with Crippen molar-refractivity contribution in [3.8, 4) is 0 Å². The summed E-state index contributed by atoms with van der Waals surface area (Å²) in [7, 11) is 2.15. The summed E-state index contributed by atoms with van der Waals surface area (Å²) in [5.41, 5.74) is 1.13. The van der Waals surface area contributed by atoms with Gasteiger partial charge in [-0.2, -0.15) is 0 Å². The Morgan fingerprint density at radius 3 is 2.88 bits per heavy atom. The molecular formula is C14H23N3. The van der Waals surface area contributed by atoms with Gasteiger partial charge in [0.25, 0.3) is 0 Å². The molecule has 1 aliphatic carbocycles. The molecule has 1 fully saturated rings. The molecule has 1 heterocycles. The van der Waals surface area contributed by atoms with Crippen molar-refractivity contribution in [2.24, 2.45) is 5.92 Å². The van der Waals surface area contributed by atoms with Crippen molar-refractivity contribution in [1.29, 1.82) is 0 Å². The summed E-state index contributed by atoms with van der Waals surface area (Å²) in [4.78, 5) is 6.98. The van der Waals surface area contributed by atoms with Gasteiger partial charge in [-0.15, -0.1) is 0 Å². The van der Waals surface area contributed by atoms with E-state index in [0.29, 0.717) is 0 Å². The van der Waals surface area contributed by atoms with Crippen molar-refractivity contribution in [3.05, 3.63) is 23.9 Å². The summed E-state index contributed by atoms with van der Waals surface area (Å²) in [6.07, 6.45) is 4.19. The van der Waals surface area contributed by atoms with Crippen molar-refractivity contribution in [2.45, 2.75) is 32.7 Å². The number of hydrogen-bond acceptors (Lipinski definition) is 3. The molecule has 0 amide bonds. The summed E-state index contributed by atoms with van der Waals surface area (Å²) in [5, 5.41) is 3.31. The number of anilines is 1. The van der Waals surface area contributed by atoms with Crippen LogP contribution in [0.3, 0.4) is 0 Å². The zero-order valence-electron chi connectivity index (χ0n) is 10.9. The highest BCUT2D eigenvalue weighted by atomic mass is 15.2. The van der Waals surface area contributed by atoms with Crippen molar-refractivity contribution in [2.75, 3.05) is 25.0 Å². The van der Waals surface area contributed by atoms with Gasteiger partial charge in [-0.05, 0) is 37.4 Å². The number of aromatic nitrogens is 1. The van der Waals surface area contributed by atoms with E-state index in [-0.39, 0.29) is 0 Å². The summed E-state index contributed by atoms with van der Waals surface area (Å²) in [6, 6.07) is 6.30. The van der Waals surface area contributed by atoms with E-state index < -0.39 is 0 Å². The van der Waals surface area contributed by atoms with Gasteiger partial charge in [0.15, 0.2) is 0 Å². The maximum Gasteiger partial charge on any atom is 0.128 e. The van der Waals surface area contributed by atoms with Crippen LogP contribution in [0.15, 0.2) is 18.2 Å². The van der Waals surface area contributed by atoms with Gasteiger partial charge < -0.3 is 10.2 Å². The van der Waals surface area contributed by atoms with Crippen molar-refractivity contribution in [3.63, 3.8) is 0 Å². The SMILES string of the molecule is CCNCc1cccc(N(C)CC2CCC2)n1. The van der Waals surface area contributed by atoms with Gasteiger partial charge in [0.05, 0.1) is 5.69 Å². The summed E-state index contributed by atoms with van der Waals surface area (Å²) < 4.78 is 0. The minimum Gasteiger partial charge on any atom is -0.359 e. The number of nitrogens with zero attached hydrogens (tertiary/aromatic N) is 2. The molecule has 1 aliphatic rings. The highest BCUT2D eigenvalue weighted by molar-refractivity contribution is 5.38. The lowest BCUT2D eigenvalue weighted by Crippen LogP contribution is -2.30. The Balaban J connectivity index is 1.93. The molecule has 0 saturated heterocycles. The third-order valence-electron chi connectivity index (χ3n) is 3.50. The van der Waals surface area contributed by atoms with E-state index >= 15 is 0 Å². The van der Waals surface area contributed by atoms with Crippen LogP contribution < -0.4 is 10.2 Å². The van der Waals surface area contributed by atoms with Crippen LogP contribution in [0.2, 0.25) is 0 Å². The van der Waals surface area contributed by atoms with Crippen LogP contribution in [-0.2, 0) is 6.54 Å². The Bertz CT molecular complexity index is 347. The fourth-order valence-electron chi connectivity index (χ4n) is 2.19. The molecule has 2 rings (SSSR count). The standard InChI is InChI=1S/C14H23N3/c1-3-15-10-13-8-5-9-14(16-13)17(2)11-12-6-4-7-12/h5,8-9,12,15H,3-4,6-7,10-11H2,1-2H3. The molecular weight excluding hydrogens is 210 g/mol. The second kappa shape index (κ2) is 6.01. The first kappa shape index (κ1) is 12.4. The lowest BCUT2D eigenvalue weighted by molar-refractivity contribution is 0.321. The fourth-order valence-corrected chi connectivity index (χ4v) is 2.19. The Kier molecular flexibility index (Phi) is 4.37. The van der Waals surface area contributed by atoms with E-state index in [1.54, 1.807) is 0 Å². The molecule has 17 heavy (non-hydrogen) atoms. The zero-order chi connectivity index (χ0) is 12.1. The Morgan fingerprint density at radius 1 is 1.41 bits per heavy atom. The normalized spacial score (nSPS) is 15.6. The van der Waals surface area contributed by atoms with Crippen molar-refractivity contribution < 1.29 is 0 Å². The molecule has 0 radical (unpaired) electrons. The summed E-state index contributed by atoms with van der Waals surface area (Å²) >= 11 is 0. The van der Waals surface area contributed by atoms with E-state index in [4.69, 9.17) is 0 Å². The van der Waals surface area contributed by atoms with Crippen LogP contribution in [0.4, 0.5) is 5.82 Å². The zero-order valence-corrected chi connectivity index (χ0v) is 10.9. The molecule has 0 aromatic carbocycles. The molecule has 1 aromatic rings. The lowest BCUT2D eigenvalue weighted by atomic mass is 9.85. The molecule has 0 spiro atoms. The highest BCUT2D eigenvalue weighted by Crippen LogP contribution is 2.27. The number of rotatable bonds is 6. The third kappa shape index (κ3) is 3.43. The van der Waals surface area contributed by atoms with E-state index in [2.05, 4.69) is 47.4 Å². The number of hydrogen-bond donors (Lipinski definition) is 1. The predicted octanol–water partition coefficient (Wildman–Crippen LogP) is 2.43. The first-order valence-corrected chi connectivity index (χ1v) is 6.67. The monoisotopic (exact) mass is 233 g/mol. The molecule has 0 unspecified atom stereocenters. The minimum atomic E-state index is 0.863. The van der Waals surface area contributed by atoms with Crippen molar-refractivity contribution >= 4 is 5.82 Å². The van der Waals surface area contributed by atoms with Crippen LogP contribution in [-0.4, -0.2) is 25.1 Å². The maximum absolute atomic E-state index is 4.69. The third-order valence-corrected chi connectivity index (χ3v) is 3.50. The van der Waals surface area contributed by atoms with Gasteiger partial charge in [0.2, 0.25) is 0 Å². The van der Waals surface area contributed by atoms with Gasteiger partial charge in [-0.3, -0.25) is 0 Å². The first-order chi connectivity index (χ1) is 8.29. The summed E-state index contributed by atoms with van der Waals surface area (Å²) in [6.45, 7) is 5.12. The van der Waals surface area contributed by atoms with Crippen LogP contribution in [0, 0.1) is 5.92 Å². The van der Waals surface area contributed by atoms with E-state index in [0.717, 1.165) is 37.1 Å². The number of pyridine rings is 1. The molecule has 1 saturated carbocycles. The minimum absolute atomic E-state index is 0.863. The Labute approximate surface area is 104 Å². The maximum atomic E-state index is 4.69. The van der Waals surface area contributed by atoms with Gasteiger partial charge in [-0.1, -0.05) is 19.4 Å². The largest absolute Gasteiger partial charge is 0.359 e. The molecule has 0 atom stereocenters. The quantitative estimate of drug-likeness (QED) is 0.818. The Hall–Kier alpha value is -1.09. The Morgan fingerprint density at radius 2 is 2.24 bits per heavy atom. The second-order valence-corrected chi connectivity index (χ2v) is 4.94. The van der Waals surface area contributed by atoms with Gasteiger partial charge in [-0.25, -0.2) is 4.98 Å². The van der Waals surface area contributed by atoms with Gasteiger partial charge >= 0.3 is 0 Å². The van der Waals surface area contributed by atoms with Crippen LogP contribution in [0.1, 0.15) is 31.9 Å². The molecule has 3 nitrogen and oxygen atoms in total. The molecule has 0 aliphatic heterocycles. The molecule has 3 heteroatoms. The topological polar surface area (TPSA) is 28.2 Å². The average Bonchev–Trinajstić information content (AvgIpc) is 2.31. The van der Waals surface area contributed by atoms with Gasteiger partial charge in [0.1, 0.15) is 5.82 Å². The molecule has 1 aromatic heterocycles. The van der Waals surface area contributed by atoms with Gasteiger partial charge in [0, 0.05) is 20.1 Å². The number of nitrogens with one attached hydrogen (secondary N) is 1. The highest BCUT2D eigenvalue weighted by Gasteiger charge is 2.19. The van der Waals surface area contributed by atoms with Crippen LogP contribution >= 0.6 is 0 Å². The fraction of sp³-hybridized carbons (Fsp3) is 0.643. The van der Waals surface area contributed by atoms with E-state index in [1.807, 2.05) is 0 Å². The predicted molar refractivity (Wildman–Crippen MR) is 72.2 cm³/mol. The molecule has 94 valence electrons. The average molecular weight is 233 g/mol. The van der Waals surface area contributed by atoms with E-state index in [1.165, 1.54) is 19.3 Å². The lowest BCUT2D eigenvalue weighted by Gasteiger charge is -2.30. The molecule has 1 N–H and O–H groups in total. The van der Waals surface area contributed by atoms with Crippen LogP contribution in [0.5, 0.6) is 0 Å². The van der Waals surface area contributed by atoms with Crippen molar-refractivity contribution in [1.82, 2.24) is 10.3 Å². The van der Waals surface area contributed by atoms with E-state index in [9.17, 15) is 0 Å².